The van der Waals surface area contributed by atoms with Crippen LogP contribution in [0.1, 0.15) is 41.1 Å². The van der Waals surface area contributed by atoms with Gasteiger partial charge in [-0.15, -0.1) is 0 Å². The minimum absolute atomic E-state index is 0.00198. The fourth-order valence-corrected chi connectivity index (χ4v) is 3.07. The molecular formula is C19H18N6O2. The summed E-state index contributed by atoms with van der Waals surface area (Å²) in [7, 11) is 0. The molecule has 0 aromatic carbocycles. The van der Waals surface area contributed by atoms with Gasteiger partial charge in [0.2, 0.25) is 5.78 Å². The first-order valence-corrected chi connectivity index (χ1v) is 8.66. The van der Waals surface area contributed by atoms with Crippen molar-refractivity contribution in [1.82, 2.24) is 29.1 Å². The highest BCUT2D eigenvalue weighted by Crippen LogP contribution is 2.16. The molecule has 4 aromatic rings. The number of rotatable bonds is 4. The highest BCUT2D eigenvalue weighted by molar-refractivity contribution is 5.94. The number of carbonyl (C=O) groups is 1. The number of amides is 1. The topological polar surface area (TPSA) is 93.7 Å². The van der Waals surface area contributed by atoms with Crippen LogP contribution in [0.4, 0.5) is 0 Å². The van der Waals surface area contributed by atoms with E-state index in [0.717, 1.165) is 5.69 Å². The summed E-state index contributed by atoms with van der Waals surface area (Å²) >= 11 is 0. The zero-order valence-corrected chi connectivity index (χ0v) is 15.0. The summed E-state index contributed by atoms with van der Waals surface area (Å²) in [6, 6.07) is 6.82. The van der Waals surface area contributed by atoms with E-state index in [1.165, 1.54) is 10.6 Å². The minimum atomic E-state index is -0.470. The number of aromatic nitrogens is 5. The first-order valence-electron chi connectivity index (χ1n) is 8.66. The van der Waals surface area contributed by atoms with Gasteiger partial charge in [0, 0.05) is 30.5 Å². The fraction of sp³-hybridized carbons (Fsp3) is 0.211. The van der Waals surface area contributed by atoms with Gasteiger partial charge in [0.05, 0.1) is 11.7 Å². The highest BCUT2D eigenvalue weighted by atomic mass is 16.2. The number of imidazole rings is 1. The van der Waals surface area contributed by atoms with Crippen molar-refractivity contribution < 1.29 is 4.79 Å². The first kappa shape index (κ1) is 16.9. The van der Waals surface area contributed by atoms with E-state index in [9.17, 15) is 9.59 Å². The number of fused-ring (bicyclic) bond motifs is 2. The monoisotopic (exact) mass is 362 g/mol. The van der Waals surface area contributed by atoms with Gasteiger partial charge in [0.15, 0.2) is 0 Å². The third kappa shape index (κ3) is 2.95. The summed E-state index contributed by atoms with van der Waals surface area (Å²) in [4.78, 5) is 38.4. The molecule has 27 heavy (non-hydrogen) atoms. The minimum Gasteiger partial charge on any atom is -0.343 e. The van der Waals surface area contributed by atoms with Crippen LogP contribution in [0.25, 0.3) is 11.4 Å². The Morgan fingerprint density at radius 1 is 1.26 bits per heavy atom. The van der Waals surface area contributed by atoms with Crippen LogP contribution in [0.3, 0.4) is 0 Å². The fourth-order valence-electron chi connectivity index (χ4n) is 3.07. The summed E-state index contributed by atoms with van der Waals surface area (Å²) in [6.07, 6.45) is 7.28. The van der Waals surface area contributed by atoms with Crippen molar-refractivity contribution in [1.29, 1.82) is 0 Å². The van der Waals surface area contributed by atoms with Gasteiger partial charge < -0.3 is 5.32 Å². The molecule has 0 aliphatic rings. The molecule has 0 bridgehead atoms. The van der Waals surface area contributed by atoms with E-state index in [1.54, 1.807) is 29.7 Å². The van der Waals surface area contributed by atoms with Gasteiger partial charge >= 0.3 is 0 Å². The van der Waals surface area contributed by atoms with E-state index in [1.807, 2.05) is 31.5 Å². The molecule has 1 amide bonds. The average Bonchev–Trinajstić information content (AvgIpc) is 3.10. The molecule has 0 saturated heterocycles. The van der Waals surface area contributed by atoms with Gasteiger partial charge in [-0.3, -0.25) is 18.4 Å². The summed E-state index contributed by atoms with van der Waals surface area (Å²) in [5, 5.41) is 2.89. The summed E-state index contributed by atoms with van der Waals surface area (Å²) < 4.78 is 3.23. The molecule has 0 radical (unpaired) electrons. The van der Waals surface area contributed by atoms with Crippen molar-refractivity contribution in [3.8, 4) is 0 Å². The van der Waals surface area contributed by atoms with Crippen LogP contribution in [0, 0.1) is 6.92 Å². The molecule has 0 aliphatic heterocycles. The third-order valence-electron chi connectivity index (χ3n) is 4.49. The number of nitrogens with zero attached hydrogens (tertiary/aromatic N) is 5. The molecule has 8 heteroatoms. The molecule has 0 unspecified atom stereocenters. The molecule has 1 atom stereocenters. The molecule has 0 aliphatic carbocycles. The van der Waals surface area contributed by atoms with Gasteiger partial charge in [-0.2, -0.15) is 0 Å². The second kappa shape index (κ2) is 6.64. The summed E-state index contributed by atoms with van der Waals surface area (Å²) in [6.45, 7) is 3.74. The van der Waals surface area contributed by atoms with Gasteiger partial charge in [-0.1, -0.05) is 13.0 Å². The number of pyridine rings is 1. The zero-order chi connectivity index (χ0) is 19.0. The van der Waals surface area contributed by atoms with Crippen molar-refractivity contribution in [2.24, 2.45) is 0 Å². The van der Waals surface area contributed by atoms with E-state index in [4.69, 9.17) is 0 Å². The second-order valence-electron chi connectivity index (χ2n) is 6.26. The molecule has 8 nitrogen and oxygen atoms in total. The van der Waals surface area contributed by atoms with Gasteiger partial charge in [-0.25, -0.2) is 15.0 Å². The van der Waals surface area contributed by atoms with Crippen LogP contribution < -0.4 is 10.9 Å². The van der Waals surface area contributed by atoms with Gasteiger partial charge in [0.25, 0.3) is 11.5 Å². The Hall–Kier alpha value is -3.55. The lowest BCUT2D eigenvalue weighted by molar-refractivity contribution is 0.0932. The summed E-state index contributed by atoms with van der Waals surface area (Å²) in [5.41, 5.74) is 1.53. The molecule has 4 heterocycles. The predicted molar refractivity (Wildman–Crippen MR) is 99.7 cm³/mol. The maximum absolute atomic E-state index is 12.8. The molecule has 0 fully saturated rings. The second-order valence-corrected chi connectivity index (χ2v) is 6.26. The summed E-state index contributed by atoms with van der Waals surface area (Å²) in [5.74, 6) is 0.0882. The number of hydrogen-bond acceptors (Lipinski definition) is 5. The Morgan fingerprint density at radius 3 is 2.89 bits per heavy atom. The molecule has 136 valence electrons. The number of aryl methyl sites for hydroxylation is 1. The van der Waals surface area contributed by atoms with Crippen LogP contribution in [0.2, 0.25) is 0 Å². The van der Waals surface area contributed by atoms with Gasteiger partial charge in [-0.05, 0) is 31.5 Å². The Morgan fingerprint density at radius 2 is 2.11 bits per heavy atom. The van der Waals surface area contributed by atoms with E-state index in [2.05, 4.69) is 20.3 Å². The largest absolute Gasteiger partial charge is 0.343 e. The average molecular weight is 362 g/mol. The molecule has 0 spiro atoms. The molecule has 0 saturated carbocycles. The maximum Gasteiger partial charge on any atom is 0.270 e. The smallest absolute Gasteiger partial charge is 0.270 e. The van der Waals surface area contributed by atoms with E-state index in [-0.39, 0.29) is 17.2 Å². The number of hydrogen-bond donors (Lipinski definition) is 1. The van der Waals surface area contributed by atoms with Crippen molar-refractivity contribution in [3.63, 3.8) is 0 Å². The van der Waals surface area contributed by atoms with Crippen molar-refractivity contribution >= 4 is 17.3 Å². The van der Waals surface area contributed by atoms with Gasteiger partial charge in [0.1, 0.15) is 11.2 Å². The molecule has 4 aromatic heterocycles. The van der Waals surface area contributed by atoms with E-state index in [0.29, 0.717) is 23.5 Å². The Balaban J connectivity index is 1.68. The van der Waals surface area contributed by atoms with Crippen LogP contribution in [0.15, 0.2) is 53.8 Å². The van der Waals surface area contributed by atoms with Crippen LogP contribution in [0.5, 0.6) is 0 Å². The Kier molecular flexibility index (Phi) is 4.15. The molecule has 1 N–H and O–H groups in total. The van der Waals surface area contributed by atoms with Crippen LogP contribution >= 0.6 is 0 Å². The van der Waals surface area contributed by atoms with E-state index < -0.39 is 5.91 Å². The lowest BCUT2D eigenvalue weighted by Gasteiger charge is -2.14. The molecule has 4 rings (SSSR count). The Bertz CT molecular complexity index is 1180. The SMILES string of the molecule is CC[C@@H](NC(=O)c1cnc2cccc(C)n2c1=O)c1cn2cccnc2n1. The lowest BCUT2D eigenvalue weighted by atomic mass is 10.1. The maximum atomic E-state index is 12.8. The quantitative estimate of drug-likeness (QED) is 0.599. The number of nitrogens with one attached hydrogen (secondary N) is 1. The first-order chi connectivity index (χ1) is 13.1. The number of carbonyl (C=O) groups excluding carboxylic acids is 1. The van der Waals surface area contributed by atoms with Crippen molar-refractivity contribution in [3.05, 3.63) is 76.4 Å². The predicted octanol–water partition coefficient (Wildman–Crippen LogP) is 1.93. The normalized spacial score (nSPS) is 12.4. The third-order valence-corrected chi connectivity index (χ3v) is 4.49. The van der Waals surface area contributed by atoms with E-state index >= 15 is 0 Å². The van der Waals surface area contributed by atoms with Crippen molar-refractivity contribution in [2.45, 2.75) is 26.3 Å². The van der Waals surface area contributed by atoms with Crippen LogP contribution in [-0.4, -0.2) is 29.7 Å². The standard InChI is InChI=1S/C19H18N6O2/c1-3-14(15-11-24-9-5-8-20-19(24)23-15)22-17(26)13-10-21-16-7-4-6-12(2)25(16)18(13)27/h4-11,14H,3H2,1-2H3,(H,22,26)/t14-/m1/s1. The zero-order valence-electron chi connectivity index (χ0n) is 15.0. The Labute approximate surface area is 154 Å². The highest BCUT2D eigenvalue weighted by Gasteiger charge is 2.20. The molecular weight excluding hydrogens is 344 g/mol. The lowest BCUT2D eigenvalue weighted by Crippen LogP contribution is -2.34. The van der Waals surface area contributed by atoms with Crippen molar-refractivity contribution in [2.75, 3.05) is 0 Å². The van der Waals surface area contributed by atoms with Crippen LogP contribution in [-0.2, 0) is 0 Å².